The Bertz CT molecular complexity index is 1990. The van der Waals surface area contributed by atoms with Crippen molar-refractivity contribution in [1.29, 1.82) is 0 Å². The van der Waals surface area contributed by atoms with Crippen LogP contribution in [0, 0.1) is 11.8 Å². The predicted molar refractivity (Wildman–Crippen MR) is 140 cm³/mol. The van der Waals surface area contributed by atoms with Crippen molar-refractivity contribution in [3.63, 3.8) is 0 Å². The zero-order chi connectivity index (χ0) is 27.1. The van der Waals surface area contributed by atoms with Crippen molar-refractivity contribution >= 4 is 28.5 Å². The molecule has 3 N–H and O–H groups in total. The first-order chi connectivity index (χ1) is 18.9. The number of nitrogens with zero attached hydrogens (tertiary/aromatic N) is 8. The van der Waals surface area contributed by atoms with Crippen LogP contribution in [0.25, 0.3) is 22.4 Å². The fraction of sp³-hybridized carbons (Fsp3) is 0.115. The first-order valence-electron chi connectivity index (χ1n) is 11.8. The average Bonchev–Trinajstić information content (AvgIpc) is 3.63. The molecule has 13 heteroatoms. The Morgan fingerprint density at radius 2 is 1.92 bits per heavy atom. The predicted octanol–water partition coefficient (Wildman–Crippen LogP) is 1.62. The quantitative estimate of drug-likeness (QED) is 0.329. The number of nitrogen functional groups attached to an aromatic ring is 1. The highest BCUT2D eigenvalue weighted by atomic mass is 16.5. The van der Waals surface area contributed by atoms with Crippen molar-refractivity contribution in [2.45, 2.75) is 13.0 Å². The molecule has 0 saturated carbocycles. The molecule has 0 fully saturated rings. The molecule has 5 aromatic heterocycles. The van der Waals surface area contributed by atoms with Crippen LogP contribution in [-0.2, 0) is 7.05 Å². The van der Waals surface area contributed by atoms with Gasteiger partial charge in [-0.05, 0) is 37.1 Å². The van der Waals surface area contributed by atoms with E-state index in [1.54, 1.807) is 67.4 Å². The van der Waals surface area contributed by atoms with E-state index >= 15 is 0 Å². The number of fused-ring (bicyclic) bond motifs is 2. The maximum Gasteiger partial charge on any atom is 0.274 e. The van der Waals surface area contributed by atoms with E-state index in [0.717, 1.165) is 0 Å². The Morgan fingerprint density at radius 3 is 2.69 bits per heavy atom. The van der Waals surface area contributed by atoms with E-state index in [2.05, 4.69) is 42.5 Å². The molecule has 1 atom stereocenters. The van der Waals surface area contributed by atoms with Crippen LogP contribution in [-0.4, -0.2) is 45.0 Å². The number of hydrogen-bond acceptors (Lipinski definition) is 9. The lowest BCUT2D eigenvalue weighted by Crippen LogP contribution is -2.34. The van der Waals surface area contributed by atoms with Crippen LogP contribution in [0.1, 0.15) is 40.5 Å². The molecule has 0 radical (unpaired) electrons. The lowest BCUT2D eigenvalue weighted by Gasteiger charge is -2.18. The van der Waals surface area contributed by atoms with Crippen LogP contribution in [0.5, 0.6) is 0 Å². The smallest absolute Gasteiger partial charge is 0.274 e. The molecular formula is C26H20N10O3. The molecule has 13 nitrogen and oxygen atoms in total. The fourth-order valence-electron chi connectivity index (χ4n) is 4.19. The molecule has 6 rings (SSSR count). The number of hydrogen-bond donors (Lipinski definition) is 2. The van der Waals surface area contributed by atoms with Crippen LogP contribution >= 0.6 is 0 Å². The van der Waals surface area contributed by atoms with Crippen LogP contribution in [0.4, 0.5) is 5.82 Å². The minimum Gasteiger partial charge on any atom is -0.382 e. The largest absolute Gasteiger partial charge is 0.382 e. The maximum atomic E-state index is 13.9. The van der Waals surface area contributed by atoms with Crippen molar-refractivity contribution in [3.05, 3.63) is 94.2 Å². The summed E-state index contributed by atoms with van der Waals surface area (Å²) in [7, 11) is 1.78. The van der Waals surface area contributed by atoms with Crippen molar-refractivity contribution in [3.8, 4) is 17.5 Å². The van der Waals surface area contributed by atoms with Crippen LogP contribution in [0.2, 0.25) is 0 Å². The summed E-state index contributed by atoms with van der Waals surface area (Å²) in [5, 5.41) is 15.2. The van der Waals surface area contributed by atoms with E-state index < -0.39 is 17.5 Å². The molecule has 0 aliphatic heterocycles. The Hall–Kier alpha value is -5.77. The van der Waals surface area contributed by atoms with E-state index in [1.165, 1.54) is 15.3 Å². The summed E-state index contributed by atoms with van der Waals surface area (Å²) in [6.07, 6.45) is 4.87. The normalized spacial score (nSPS) is 11.8. The zero-order valence-electron chi connectivity index (χ0n) is 20.7. The fourth-order valence-corrected chi connectivity index (χ4v) is 4.19. The van der Waals surface area contributed by atoms with Gasteiger partial charge in [0.1, 0.15) is 11.2 Å². The molecule has 0 saturated heterocycles. The highest BCUT2D eigenvalue weighted by molar-refractivity contribution is 5.98. The number of aryl methyl sites for hydroxylation is 1. The highest BCUT2D eigenvalue weighted by Crippen LogP contribution is 2.21. The first-order valence-corrected chi connectivity index (χ1v) is 11.8. The molecule has 1 amide bonds. The average molecular weight is 521 g/mol. The third-order valence-corrected chi connectivity index (χ3v) is 5.95. The second-order valence-corrected chi connectivity index (χ2v) is 8.64. The molecular weight excluding hydrogens is 500 g/mol. The minimum absolute atomic E-state index is 0.00486. The van der Waals surface area contributed by atoms with E-state index in [0.29, 0.717) is 16.9 Å². The van der Waals surface area contributed by atoms with E-state index in [9.17, 15) is 9.59 Å². The van der Waals surface area contributed by atoms with Crippen molar-refractivity contribution in [1.82, 2.24) is 44.4 Å². The van der Waals surface area contributed by atoms with Gasteiger partial charge in [-0.2, -0.15) is 15.2 Å². The SMILES string of the molecule is C[C@H](NC(=O)c1c(N)nc2cccnn12)c1nc2onc(C#Cc3cnn(C)c3)c2c(=O)n1-c1ccccc1. The molecule has 0 unspecified atom stereocenters. The summed E-state index contributed by atoms with van der Waals surface area (Å²) in [4.78, 5) is 35.9. The van der Waals surface area contributed by atoms with Gasteiger partial charge in [-0.25, -0.2) is 9.50 Å². The zero-order valence-corrected chi connectivity index (χ0v) is 20.7. The van der Waals surface area contributed by atoms with Crippen molar-refractivity contribution < 1.29 is 9.32 Å². The number of anilines is 1. The van der Waals surface area contributed by atoms with E-state index in [-0.39, 0.29) is 34.1 Å². The van der Waals surface area contributed by atoms with Crippen molar-refractivity contribution in [2.75, 3.05) is 5.73 Å². The minimum atomic E-state index is -0.765. The van der Waals surface area contributed by atoms with Gasteiger partial charge in [0.2, 0.25) is 0 Å². The Kier molecular flexibility index (Phi) is 5.61. The first kappa shape index (κ1) is 23.6. The third kappa shape index (κ3) is 4.15. The summed E-state index contributed by atoms with van der Waals surface area (Å²) >= 11 is 0. The summed E-state index contributed by atoms with van der Waals surface area (Å²) in [6.45, 7) is 1.69. The number of rotatable bonds is 4. The van der Waals surface area contributed by atoms with Gasteiger partial charge in [0, 0.05) is 19.4 Å². The van der Waals surface area contributed by atoms with Gasteiger partial charge in [-0.1, -0.05) is 29.3 Å². The number of carbonyl (C=O) groups excluding carboxylic acids is 1. The molecule has 192 valence electrons. The van der Waals surface area contributed by atoms with Gasteiger partial charge in [-0.3, -0.25) is 18.8 Å². The summed E-state index contributed by atoms with van der Waals surface area (Å²) < 4.78 is 9.77. The van der Waals surface area contributed by atoms with Gasteiger partial charge in [0.15, 0.2) is 22.9 Å². The molecule has 39 heavy (non-hydrogen) atoms. The Labute approximate surface area is 219 Å². The summed E-state index contributed by atoms with van der Waals surface area (Å²) in [5.74, 6) is 5.51. The number of aromatic nitrogens is 8. The second-order valence-electron chi connectivity index (χ2n) is 8.64. The lowest BCUT2D eigenvalue weighted by atomic mass is 10.2. The Balaban J connectivity index is 1.45. The van der Waals surface area contributed by atoms with E-state index in [4.69, 9.17) is 10.3 Å². The number of nitrogens with one attached hydrogen (secondary N) is 1. The number of benzene rings is 1. The molecule has 0 bridgehead atoms. The molecule has 0 aliphatic rings. The molecule has 6 aromatic rings. The van der Waals surface area contributed by atoms with Gasteiger partial charge >= 0.3 is 0 Å². The number of nitrogens with two attached hydrogens (primary N) is 1. The van der Waals surface area contributed by atoms with Gasteiger partial charge in [0.05, 0.1) is 23.5 Å². The molecule has 0 aliphatic carbocycles. The number of para-hydroxylation sites is 1. The monoisotopic (exact) mass is 520 g/mol. The van der Waals surface area contributed by atoms with Crippen LogP contribution in [0.15, 0.2) is 70.4 Å². The number of amides is 1. The highest BCUT2D eigenvalue weighted by Gasteiger charge is 2.26. The maximum absolute atomic E-state index is 13.9. The molecule has 1 aromatic carbocycles. The Morgan fingerprint density at radius 1 is 1.10 bits per heavy atom. The van der Waals surface area contributed by atoms with Crippen molar-refractivity contribution in [2.24, 2.45) is 7.05 Å². The molecule has 0 spiro atoms. The summed E-state index contributed by atoms with van der Waals surface area (Å²) in [5.41, 5.74) is 7.39. The van der Waals surface area contributed by atoms with Crippen LogP contribution < -0.4 is 16.6 Å². The topological polar surface area (TPSA) is 164 Å². The molecule has 5 heterocycles. The van der Waals surface area contributed by atoms with Gasteiger partial charge in [0.25, 0.3) is 17.2 Å². The van der Waals surface area contributed by atoms with Gasteiger partial charge in [-0.15, -0.1) is 0 Å². The van der Waals surface area contributed by atoms with E-state index in [1.807, 2.05) is 6.07 Å². The van der Waals surface area contributed by atoms with Crippen LogP contribution in [0.3, 0.4) is 0 Å². The standard InChI is InChI=1S/C26H20N10O3/c1-15(30-24(37)21-22(27)31-19-9-6-12-28-36(19)21)23-32-25-20(26(38)35(23)17-7-4-3-5-8-17)18(33-39-25)11-10-16-13-29-34(2)14-16/h3-9,12-15H,27H2,1-2H3,(H,30,37)/t15-/m0/s1. The number of carbonyl (C=O) groups is 1. The van der Waals surface area contributed by atoms with Gasteiger partial charge < -0.3 is 15.6 Å². The lowest BCUT2D eigenvalue weighted by molar-refractivity contribution is 0.0931. The summed E-state index contributed by atoms with van der Waals surface area (Å²) in [6, 6.07) is 11.5. The number of imidazole rings is 1. The third-order valence-electron chi connectivity index (χ3n) is 5.95. The second kappa shape index (κ2) is 9.27.